The first-order valence-electron chi connectivity index (χ1n) is 10.5. The van der Waals surface area contributed by atoms with Crippen LogP contribution in [0.5, 0.6) is 5.75 Å². The SMILES string of the molecule is CCCCCCCC1CCCCC1CCCOc1ccc(C#N)cc1. The molecule has 138 valence electrons. The van der Waals surface area contributed by atoms with Crippen LogP contribution < -0.4 is 4.74 Å². The van der Waals surface area contributed by atoms with Crippen LogP contribution in [-0.2, 0) is 0 Å². The fraction of sp³-hybridized carbons (Fsp3) is 0.696. The summed E-state index contributed by atoms with van der Waals surface area (Å²) in [5, 5.41) is 8.82. The Balaban J connectivity index is 1.63. The van der Waals surface area contributed by atoms with Crippen molar-refractivity contribution in [3.05, 3.63) is 29.8 Å². The summed E-state index contributed by atoms with van der Waals surface area (Å²) in [6.45, 7) is 3.09. The van der Waals surface area contributed by atoms with Gasteiger partial charge in [0, 0.05) is 0 Å². The van der Waals surface area contributed by atoms with E-state index in [1.54, 1.807) is 0 Å². The predicted octanol–water partition coefficient (Wildman–Crippen LogP) is 6.88. The van der Waals surface area contributed by atoms with Crippen LogP contribution >= 0.6 is 0 Å². The number of nitrogens with zero attached hydrogens (tertiary/aromatic N) is 1. The van der Waals surface area contributed by atoms with Crippen LogP contribution in [0.15, 0.2) is 24.3 Å². The van der Waals surface area contributed by atoms with Gasteiger partial charge in [0.15, 0.2) is 0 Å². The van der Waals surface area contributed by atoms with Crippen LogP contribution in [-0.4, -0.2) is 6.61 Å². The van der Waals surface area contributed by atoms with Gasteiger partial charge in [0.25, 0.3) is 0 Å². The van der Waals surface area contributed by atoms with Gasteiger partial charge < -0.3 is 4.74 Å². The maximum Gasteiger partial charge on any atom is 0.119 e. The predicted molar refractivity (Wildman–Crippen MR) is 105 cm³/mol. The maximum absolute atomic E-state index is 8.82. The Hall–Kier alpha value is -1.49. The molecule has 2 heteroatoms. The summed E-state index contributed by atoms with van der Waals surface area (Å²) in [6, 6.07) is 9.59. The van der Waals surface area contributed by atoms with E-state index in [0.717, 1.165) is 30.6 Å². The second kappa shape index (κ2) is 12.0. The van der Waals surface area contributed by atoms with E-state index in [-0.39, 0.29) is 0 Å². The summed E-state index contributed by atoms with van der Waals surface area (Å²) in [5.74, 6) is 2.77. The lowest BCUT2D eigenvalue weighted by molar-refractivity contribution is 0.190. The molecule has 1 fully saturated rings. The lowest BCUT2D eigenvalue weighted by atomic mass is 9.74. The van der Waals surface area contributed by atoms with Crippen molar-refractivity contribution in [1.82, 2.24) is 0 Å². The molecule has 1 aromatic carbocycles. The highest BCUT2D eigenvalue weighted by Crippen LogP contribution is 2.36. The summed E-state index contributed by atoms with van der Waals surface area (Å²) in [6.07, 6.45) is 16.7. The Morgan fingerprint density at radius 3 is 2.20 bits per heavy atom. The minimum atomic E-state index is 0.691. The second-order valence-electron chi connectivity index (χ2n) is 7.63. The van der Waals surface area contributed by atoms with Gasteiger partial charge in [-0.25, -0.2) is 0 Å². The highest BCUT2D eigenvalue weighted by atomic mass is 16.5. The Bertz CT molecular complexity index is 502. The highest BCUT2D eigenvalue weighted by molar-refractivity contribution is 5.34. The molecule has 0 radical (unpaired) electrons. The van der Waals surface area contributed by atoms with Crippen LogP contribution in [0.25, 0.3) is 0 Å². The van der Waals surface area contributed by atoms with Crippen molar-refractivity contribution < 1.29 is 4.74 Å². The van der Waals surface area contributed by atoms with Gasteiger partial charge in [-0.3, -0.25) is 0 Å². The van der Waals surface area contributed by atoms with E-state index >= 15 is 0 Å². The fourth-order valence-electron chi connectivity index (χ4n) is 4.22. The number of hydrogen-bond acceptors (Lipinski definition) is 2. The number of unbranched alkanes of at least 4 members (excludes halogenated alkanes) is 4. The molecule has 0 aromatic heterocycles. The van der Waals surface area contributed by atoms with Gasteiger partial charge >= 0.3 is 0 Å². The molecular formula is C23H35NO. The molecule has 0 bridgehead atoms. The molecule has 1 saturated carbocycles. The Kier molecular flexibility index (Phi) is 9.49. The first-order chi connectivity index (χ1) is 12.3. The van der Waals surface area contributed by atoms with E-state index in [1.807, 2.05) is 24.3 Å². The quantitative estimate of drug-likeness (QED) is 0.411. The average molecular weight is 342 g/mol. The van der Waals surface area contributed by atoms with Gasteiger partial charge in [0.2, 0.25) is 0 Å². The third-order valence-electron chi connectivity index (χ3n) is 5.72. The van der Waals surface area contributed by atoms with Gasteiger partial charge in [-0.1, -0.05) is 71.1 Å². The Morgan fingerprint density at radius 1 is 0.920 bits per heavy atom. The average Bonchev–Trinajstić information content (AvgIpc) is 2.66. The van der Waals surface area contributed by atoms with E-state index < -0.39 is 0 Å². The fourth-order valence-corrected chi connectivity index (χ4v) is 4.22. The molecule has 0 saturated heterocycles. The molecule has 0 N–H and O–H groups in total. The van der Waals surface area contributed by atoms with Gasteiger partial charge in [-0.2, -0.15) is 5.26 Å². The summed E-state index contributed by atoms with van der Waals surface area (Å²) >= 11 is 0. The number of nitriles is 1. The molecule has 2 atom stereocenters. The molecule has 2 rings (SSSR count). The molecular weight excluding hydrogens is 306 g/mol. The minimum Gasteiger partial charge on any atom is -0.494 e. The molecule has 0 spiro atoms. The number of ether oxygens (including phenoxy) is 1. The van der Waals surface area contributed by atoms with E-state index in [2.05, 4.69) is 13.0 Å². The largest absolute Gasteiger partial charge is 0.494 e. The van der Waals surface area contributed by atoms with E-state index in [4.69, 9.17) is 10.00 Å². The van der Waals surface area contributed by atoms with Gasteiger partial charge in [0.1, 0.15) is 5.75 Å². The van der Waals surface area contributed by atoms with Crippen molar-refractivity contribution in [1.29, 1.82) is 5.26 Å². The molecule has 25 heavy (non-hydrogen) atoms. The van der Waals surface area contributed by atoms with Crippen LogP contribution in [0.1, 0.15) is 89.5 Å². The van der Waals surface area contributed by atoms with Crippen molar-refractivity contribution in [2.75, 3.05) is 6.61 Å². The molecule has 1 aliphatic rings. The maximum atomic E-state index is 8.82. The van der Waals surface area contributed by atoms with Gasteiger partial charge in [0.05, 0.1) is 18.2 Å². The van der Waals surface area contributed by atoms with Gasteiger partial charge in [-0.05, 0) is 48.9 Å². The van der Waals surface area contributed by atoms with E-state index in [0.29, 0.717) is 5.56 Å². The van der Waals surface area contributed by atoms with Crippen molar-refractivity contribution in [3.63, 3.8) is 0 Å². The minimum absolute atomic E-state index is 0.691. The van der Waals surface area contributed by atoms with Crippen molar-refractivity contribution in [2.45, 2.75) is 84.0 Å². The molecule has 0 amide bonds. The Morgan fingerprint density at radius 2 is 1.56 bits per heavy atom. The zero-order valence-electron chi connectivity index (χ0n) is 16.0. The van der Waals surface area contributed by atoms with E-state index in [9.17, 15) is 0 Å². The Labute approximate surface area is 154 Å². The molecule has 2 nitrogen and oxygen atoms in total. The zero-order chi connectivity index (χ0) is 17.7. The van der Waals surface area contributed by atoms with Crippen LogP contribution in [0.4, 0.5) is 0 Å². The molecule has 1 aliphatic carbocycles. The summed E-state index contributed by atoms with van der Waals surface area (Å²) < 4.78 is 5.85. The normalized spacial score (nSPS) is 20.2. The van der Waals surface area contributed by atoms with E-state index in [1.165, 1.54) is 70.6 Å². The first-order valence-corrected chi connectivity index (χ1v) is 10.5. The third kappa shape index (κ3) is 7.51. The highest BCUT2D eigenvalue weighted by Gasteiger charge is 2.24. The molecule has 0 heterocycles. The lowest BCUT2D eigenvalue weighted by Gasteiger charge is -2.31. The number of rotatable bonds is 11. The van der Waals surface area contributed by atoms with Crippen LogP contribution in [0.3, 0.4) is 0 Å². The summed E-state index contributed by atoms with van der Waals surface area (Å²) in [4.78, 5) is 0. The first kappa shape index (κ1) is 19.8. The summed E-state index contributed by atoms with van der Waals surface area (Å²) in [7, 11) is 0. The van der Waals surface area contributed by atoms with Crippen molar-refractivity contribution in [3.8, 4) is 11.8 Å². The second-order valence-corrected chi connectivity index (χ2v) is 7.63. The smallest absolute Gasteiger partial charge is 0.119 e. The van der Waals surface area contributed by atoms with Crippen LogP contribution in [0.2, 0.25) is 0 Å². The molecule has 2 unspecified atom stereocenters. The number of benzene rings is 1. The number of hydrogen-bond donors (Lipinski definition) is 0. The van der Waals surface area contributed by atoms with Gasteiger partial charge in [-0.15, -0.1) is 0 Å². The molecule has 1 aromatic rings. The topological polar surface area (TPSA) is 33.0 Å². The third-order valence-corrected chi connectivity index (χ3v) is 5.72. The molecule has 0 aliphatic heterocycles. The van der Waals surface area contributed by atoms with Crippen molar-refractivity contribution >= 4 is 0 Å². The summed E-state index contributed by atoms with van der Waals surface area (Å²) in [5.41, 5.74) is 0.691. The zero-order valence-corrected chi connectivity index (χ0v) is 16.0. The monoisotopic (exact) mass is 341 g/mol. The van der Waals surface area contributed by atoms with Crippen molar-refractivity contribution in [2.24, 2.45) is 11.8 Å². The lowest BCUT2D eigenvalue weighted by Crippen LogP contribution is -2.20. The van der Waals surface area contributed by atoms with Crippen LogP contribution in [0, 0.1) is 23.2 Å². The standard InChI is InChI=1S/C23H35NO/c1-2-3-4-5-6-10-21-11-7-8-12-22(21)13-9-18-25-23-16-14-20(19-24)15-17-23/h14-17,21-22H,2-13,18H2,1H3.